The van der Waals surface area contributed by atoms with Crippen LogP contribution in [0.25, 0.3) is 21.8 Å². The smallest absolute Gasteiger partial charge is 0.131 e. The number of thiophene rings is 1. The Labute approximate surface area is 120 Å². The van der Waals surface area contributed by atoms with E-state index in [0.29, 0.717) is 5.82 Å². The Morgan fingerprint density at radius 3 is 2.85 bits per heavy atom. The summed E-state index contributed by atoms with van der Waals surface area (Å²) in [5, 5.41) is 6.46. The number of aryl methyl sites for hydroxylation is 1. The van der Waals surface area contributed by atoms with Gasteiger partial charge in [0, 0.05) is 24.7 Å². The first kappa shape index (κ1) is 12.7. The van der Waals surface area contributed by atoms with Crippen LogP contribution in [-0.4, -0.2) is 21.9 Å². The first-order chi connectivity index (χ1) is 9.70. The Hall–Kier alpha value is -2.34. The second kappa shape index (κ2) is 4.97. The van der Waals surface area contributed by atoms with Crippen molar-refractivity contribution in [2.45, 2.75) is 0 Å². The molecule has 0 saturated carbocycles. The van der Waals surface area contributed by atoms with Crippen LogP contribution >= 0.6 is 11.3 Å². The highest BCUT2D eigenvalue weighted by atomic mass is 32.1. The van der Waals surface area contributed by atoms with Gasteiger partial charge in [0.1, 0.15) is 17.3 Å². The zero-order valence-electron chi connectivity index (χ0n) is 11.2. The van der Waals surface area contributed by atoms with E-state index >= 15 is 0 Å². The Morgan fingerprint density at radius 2 is 2.20 bits per heavy atom. The molecule has 0 aliphatic carbocycles. The number of nitrogens with zero attached hydrogens (tertiary/aromatic N) is 3. The van der Waals surface area contributed by atoms with Gasteiger partial charge in [-0.3, -0.25) is 9.67 Å². The topological polar surface area (TPSA) is 66.0 Å². The van der Waals surface area contributed by atoms with E-state index in [2.05, 4.69) is 10.1 Å². The molecule has 102 valence electrons. The van der Waals surface area contributed by atoms with Gasteiger partial charge in [0.15, 0.2) is 0 Å². The number of hydrogen-bond acceptors (Lipinski definition) is 5. The minimum Gasteiger partial charge on any atom is -0.496 e. The Kier molecular flexibility index (Phi) is 3.15. The summed E-state index contributed by atoms with van der Waals surface area (Å²) >= 11 is 1.57. The fraction of sp³-hybridized carbons (Fsp3) is 0.143. The maximum Gasteiger partial charge on any atom is 0.131 e. The molecule has 5 nitrogen and oxygen atoms in total. The van der Waals surface area contributed by atoms with E-state index in [-0.39, 0.29) is 0 Å². The van der Waals surface area contributed by atoms with Crippen LogP contribution in [0.2, 0.25) is 0 Å². The summed E-state index contributed by atoms with van der Waals surface area (Å²) in [6.07, 6.45) is 1.75. The van der Waals surface area contributed by atoms with Crippen LogP contribution in [0, 0.1) is 0 Å². The summed E-state index contributed by atoms with van der Waals surface area (Å²) in [7, 11) is 3.48. The van der Waals surface area contributed by atoms with Gasteiger partial charge < -0.3 is 10.5 Å². The lowest BCUT2D eigenvalue weighted by Crippen LogP contribution is -1.98. The van der Waals surface area contributed by atoms with Crippen LogP contribution in [0.15, 0.2) is 35.8 Å². The SMILES string of the molecule is COc1csc(-c2nn(C)c(N)c2-c2ccccn2)c1. The first-order valence-corrected chi connectivity index (χ1v) is 6.95. The van der Waals surface area contributed by atoms with Gasteiger partial charge in [-0.25, -0.2) is 0 Å². The highest BCUT2D eigenvalue weighted by Gasteiger charge is 2.19. The summed E-state index contributed by atoms with van der Waals surface area (Å²) < 4.78 is 6.90. The van der Waals surface area contributed by atoms with Gasteiger partial charge in [0.25, 0.3) is 0 Å². The van der Waals surface area contributed by atoms with Crippen LogP contribution in [0.5, 0.6) is 5.75 Å². The third-order valence-corrected chi connectivity index (χ3v) is 3.97. The number of nitrogens with two attached hydrogens (primary N) is 1. The molecule has 3 heterocycles. The predicted molar refractivity (Wildman–Crippen MR) is 80.7 cm³/mol. The predicted octanol–water partition coefficient (Wildman–Crippen LogP) is 2.80. The van der Waals surface area contributed by atoms with Crippen molar-refractivity contribution in [3.63, 3.8) is 0 Å². The fourth-order valence-corrected chi connectivity index (χ4v) is 2.87. The molecule has 0 atom stereocenters. The second-order valence-electron chi connectivity index (χ2n) is 4.30. The zero-order valence-corrected chi connectivity index (χ0v) is 12.0. The minimum absolute atomic E-state index is 0.603. The summed E-state index contributed by atoms with van der Waals surface area (Å²) in [4.78, 5) is 5.39. The Bertz CT molecular complexity index is 733. The van der Waals surface area contributed by atoms with E-state index in [1.807, 2.05) is 36.7 Å². The van der Waals surface area contributed by atoms with E-state index in [0.717, 1.165) is 27.6 Å². The van der Waals surface area contributed by atoms with Crippen molar-refractivity contribution < 1.29 is 4.74 Å². The molecule has 3 aromatic heterocycles. The number of ether oxygens (including phenoxy) is 1. The third-order valence-electron chi connectivity index (χ3n) is 3.06. The first-order valence-electron chi connectivity index (χ1n) is 6.07. The van der Waals surface area contributed by atoms with E-state index in [9.17, 15) is 0 Å². The molecule has 3 aromatic rings. The van der Waals surface area contributed by atoms with Gasteiger partial charge >= 0.3 is 0 Å². The van der Waals surface area contributed by atoms with E-state index in [1.54, 1.807) is 29.3 Å². The minimum atomic E-state index is 0.603. The average molecular weight is 286 g/mol. The molecule has 0 saturated heterocycles. The lowest BCUT2D eigenvalue weighted by Gasteiger charge is -2.01. The maximum absolute atomic E-state index is 6.15. The molecule has 0 amide bonds. The summed E-state index contributed by atoms with van der Waals surface area (Å²) in [6, 6.07) is 7.71. The molecule has 2 N–H and O–H groups in total. The second-order valence-corrected chi connectivity index (χ2v) is 5.21. The molecule has 0 aliphatic heterocycles. The highest BCUT2D eigenvalue weighted by molar-refractivity contribution is 7.13. The van der Waals surface area contributed by atoms with Crippen molar-refractivity contribution in [3.05, 3.63) is 35.8 Å². The zero-order chi connectivity index (χ0) is 14.1. The van der Waals surface area contributed by atoms with Gasteiger partial charge in [-0.05, 0) is 12.1 Å². The summed E-state index contributed by atoms with van der Waals surface area (Å²) in [5.74, 6) is 1.42. The van der Waals surface area contributed by atoms with Crippen molar-refractivity contribution in [2.24, 2.45) is 7.05 Å². The number of hydrogen-bond donors (Lipinski definition) is 1. The molecule has 3 rings (SSSR count). The van der Waals surface area contributed by atoms with Gasteiger partial charge in [0.05, 0.1) is 23.2 Å². The Morgan fingerprint density at radius 1 is 1.35 bits per heavy atom. The molecule has 0 bridgehead atoms. The molecule has 0 aliphatic rings. The number of aromatic nitrogens is 3. The van der Waals surface area contributed by atoms with Gasteiger partial charge in [-0.15, -0.1) is 11.3 Å². The number of methoxy groups -OCH3 is 1. The van der Waals surface area contributed by atoms with Crippen molar-refractivity contribution in [1.29, 1.82) is 0 Å². The molecule has 0 spiro atoms. The molecule has 20 heavy (non-hydrogen) atoms. The molecule has 0 radical (unpaired) electrons. The van der Waals surface area contributed by atoms with Crippen LogP contribution in [0.1, 0.15) is 0 Å². The Balaban J connectivity index is 2.19. The lowest BCUT2D eigenvalue weighted by atomic mass is 10.1. The summed E-state index contributed by atoms with van der Waals surface area (Å²) in [6.45, 7) is 0. The van der Waals surface area contributed by atoms with Gasteiger partial charge in [-0.1, -0.05) is 6.07 Å². The van der Waals surface area contributed by atoms with Gasteiger partial charge in [-0.2, -0.15) is 5.10 Å². The van der Waals surface area contributed by atoms with Crippen molar-refractivity contribution in [2.75, 3.05) is 12.8 Å². The van der Waals surface area contributed by atoms with Crippen molar-refractivity contribution >= 4 is 17.2 Å². The molecule has 0 aromatic carbocycles. The molecular formula is C14H14N4OS. The van der Waals surface area contributed by atoms with Crippen LogP contribution in [-0.2, 0) is 7.05 Å². The van der Waals surface area contributed by atoms with Crippen molar-refractivity contribution in [3.8, 4) is 27.6 Å². The van der Waals surface area contributed by atoms with E-state index in [1.165, 1.54) is 0 Å². The lowest BCUT2D eigenvalue weighted by molar-refractivity contribution is 0.417. The third kappa shape index (κ3) is 2.04. The van der Waals surface area contributed by atoms with E-state index < -0.39 is 0 Å². The molecule has 0 fully saturated rings. The normalized spacial score (nSPS) is 10.7. The standard InChI is InChI=1S/C14H14N4OS/c1-18-14(15)12(10-5-3-4-6-16-10)13(17-18)11-7-9(19-2)8-20-11/h3-8H,15H2,1-2H3. The summed E-state index contributed by atoms with van der Waals surface area (Å²) in [5.41, 5.74) is 8.66. The van der Waals surface area contributed by atoms with E-state index in [4.69, 9.17) is 10.5 Å². The van der Waals surface area contributed by atoms with Gasteiger partial charge in [0.2, 0.25) is 0 Å². The number of nitrogen functional groups attached to an aromatic ring is 1. The maximum atomic E-state index is 6.15. The number of pyridine rings is 1. The molecule has 0 unspecified atom stereocenters. The average Bonchev–Trinajstić information content (AvgIpc) is 3.06. The van der Waals surface area contributed by atoms with Crippen LogP contribution in [0.4, 0.5) is 5.82 Å². The molecule has 6 heteroatoms. The quantitative estimate of drug-likeness (QED) is 0.804. The highest BCUT2D eigenvalue weighted by Crippen LogP contribution is 2.38. The molecular weight excluding hydrogens is 272 g/mol. The van der Waals surface area contributed by atoms with Crippen LogP contribution in [0.3, 0.4) is 0 Å². The number of rotatable bonds is 3. The fourth-order valence-electron chi connectivity index (χ4n) is 2.02. The number of anilines is 1. The largest absolute Gasteiger partial charge is 0.496 e. The van der Waals surface area contributed by atoms with Crippen molar-refractivity contribution in [1.82, 2.24) is 14.8 Å². The monoisotopic (exact) mass is 286 g/mol. The van der Waals surface area contributed by atoms with Crippen LogP contribution < -0.4 is 10.5 Å².